The number of carbonyl (C=O) groups is 3. The minimum Gasteiger partial charge on any atom is -0.369 e. The van der Waals surface area contributed by atoms with Gasteiger partial charge in [-0.3, -0.25) is 24.2 Å². The summed E-state index contributed by atoms with van der Waals surface area (Å²) in [4.78, 5) is 39.5. The highest BCUT2D eigenvalue weighted by Crippen LogP contribution is 2.25. The van der Waals surface area contributed by atoms with E-state index in [-0.39, 0.29) is 36.1 Å². The van der Waals surface area contributed by atoms with E-state index in [9.17, 15) is 14.4 Å². The van der Waals surface area contributed by atoms with Crippen LogP contribution in [0.5, 0.6) is 0 Å². The number of rotatable bonds is 5. The molecule has 2 N–H and O–H groups in total. The first-order valence-corrected chi connectivity index (χ1v) is 8.48. The van der Waals surface area contributed by atoms with E-state index in [1.54, 1.807) is 0 Å². The smallest absolute Gasteiger partial charge is 0.247 e. The van der Waals surface area contributed by atoms with Gasteiger partial charge in [0.15, 0.2) is 0 Å². The number of imide groups is 1. The first kappa shape index (κ1) is 16.6. The van der Waals surface area contributed by atoms with Gasteiger partial charge in [0, 0.05) is 12.5 Å². The van der Waals surface area contributed by atoms with Crippen LogP contribution in [0.1, 0.15) is 24.8 Å². The summed E-state index contributed by atoms with van der Waals surface area (Å²) in [6.45, 7) is 1.71. The maximum atomic E-state index is 12.6. The molecule has 24 heavy (non-hydrogen) atoms. The molecule has 6 nitrogen and oxygen atoms in total. The minimum absolute atomic E-state index is 0.0991. The molecule has 1 atom stereocenters. The third-order valence-corrected chi connectivity index (χ3v) is 5.06. The van der Waals surface area contributed by atoms with Gasteiger partial charge in [-0.25, -0.2) is 0 Å². The molecule has 0 bridgehead atoms. The zero-order valence-corrected chi connectivity index (χ0v) is 13.7. The third-order valence-electron chi connectivity index (χ3n) is 5.06. The molecular weight excluding hydrogens is 306 g/mol. The van der Waals surface area contributed by atoms with E-state index in [1.165, 1.54) is 4.90 Å². The number of likely N-dealkylation sites (tertiary alicyclic amines) is 2. The van der Waals surface area contributed by atoms with Crippen molar-refractivity contribution in [3.8, 4) is 0 Å². The molecule has 1 aromatic rings. The topological polar surface area (TPSA) is 83.7 Å². The van der Waals surface area contributed by atoms with Crippen molar-refractivity contribution in [1.82, 2.24) is 9.80 Å². The Morgan fingerprint density at radius 3 is 2.42 bits per heavy atom. The summed E-state index contributed by atoms with van der Waals surface area (Å²) in [7, 11) is 0. The van der Waals surface area contributed by atoms with Crippen molar-refractivity contribution in [2.75, 3.05) is 19.6 Å². The summed E-state index contributed by atoms with van der Waals surface area (Å²) < 4.78 is 0. The molecule has 2 saturated heterocycles. The van der Waals surface area contributed by atoms with Crippen LogP contribution in [0.15, 0.2) is 30.3 Å². The zero-order chi connectivity index (χ0) is 17.1. The predicted octanol–water partition coefficient (Wildman–Crippen LogP) is 0.554. The fraction of sp³-hybridized carbons (Fsp3) is 0.500. The lowest BCUT2D eigenvalue weighted by atomic mass is 9.95. The van der Waals surface area contributed by atoms with Crippen molar-refractivity contribution in [3.05, 3.63) is 35.9 Å². The van der Waals surface area contributed by atoms with Crippen molar-refractivity contribution < 1.29 is 14.4 Å². The van der Waals surface area contributed by atoms with Crippen LogP contribution < -0.4 is 5.73 Å². The standard InChI is InChI=1S/C18H23N3O3/c19-17(23)14-7-9-20(10-8-14)15-12-16(22)21(18(15)24)11-6-13-4-2-1-3-5-13/h1-5,14-15H,6-12H2,(H2,19,23)/t15-/m0/s1. The molecule has 2 fully saturated rings. The van der Waals surface area contributed by atoms with Crippen LogP contribution in [0.2, 0.25) is 0 Å². The van der Waals surface area contributed by atoms with Gasteiger partial charge in [-0.15, -0.1) is 0 Å². The van der Waals surface area contributed by atoms with Gasteiger partial charge in [0.1, 0.15) is 0 Å². The number of hydrogen-bond donors (Lipinski definition) is 1. The highest BCUT2D eigenvalue weighted by molar-refractivity contribution is 6.05. The summed E-state index contributed by atoms with van der Waals surface area (Å²) in [5.74, 6) is -0.581. The summed E-state index contributed by atoms with van der Waals surface area (Å²) in [5.41, 5.74) is 6.46. The van der Waals surface area contributed by atoms with Crippen molar-refractivity contribution in [3.63, 3.8) is 0 Å². The van der Waals surface area contributed by atoms with Gasteiger partial charge >= 0.3 is 0 Å². The van der Waals surface area contributed by atoms with Crippen LogP contribution in [0.25, 0.3) is 0 Å². The van der Waals surface area contributed by atoms with Crippen LogP contribution in [-0.4, -0.2) is 53.2 Å². The van der Waals surface area contributed by atoms with Crippen molar-refractivity contribution in [2.45, 2.75) is 31.7 Å². The number of amides is 3. The molecule has 3 amide bonds. The van der Waals surface area contributed by atoms with E-state index in [1.807, 2.05) is 35.2 Å². The molecule has 2 aliphatic rings. The van der Waals surface area contributed by atoms with Gasteiger partial charge in [-0.2, -0.15) is 0 Å². The Morgan fingerprint density at radius 2 is 1.79 bits per heavy atom. The van der Waals surface area contributed by atoms with E-state index in [4.69, 9.17) is 5.73 Å². The molecule has 0 radical (unpaired) electrons. The van der Waals surface area contributed by atoms with Crippen molar-refractivity contribution >= 4 is 17.7 Å². The molecular formula is C18H23N3O3. The second-order valence-corrected chi connectivity index (χ2v) is 6.55. The fourth-order valence-corrected chi connectivity index (χ4v) is 3.57. The fourth-order valence-electron chi connectivity index (χ4n) is 3.57. The molecule has 0 aromatic heterocycles. The van der Waals surface area contributed by atoms with E-state index < -0.39 is 0 Å². The normalized spacial score (nSPS) is 23.0. The van der Waals surface area contributed by atoms with Gasteiger partial charge in [0.25, 0.3) is 0 Å². The largest absolute Gasteiger partial charge is 0.369 e. The van der Waals surface area contributed by atoms with Gasteiger partial charge in [-0.1, -0.05) is 30.3 Å². The van der Waals surface area contributed by atoms with Crippen molar-refractivity contribution in [1.29, 1.82) is 0 Å². The minimum atomic E-state index is -0.373. The lowest BCUT2D eigenvalue weighted by Gasteiger charge is -2.33. The molecule has 0 saturated carbocycles. The highest BCUT2D eigenvalue weighted by Gasteiger charge is 2.42. The summed E-state index contributed by atoms with van der Waals surface area (Å²) in [6.07, 6.45) is 2.25. The Labute approximate surface area is 141 Å². The van der Waals surface area contributed by atoms with E-state index in [0.29, 0.717) is 38.9 Å². The van der Waals surface area contributed by atoms with Gasteiger partial charge < -0.3 is 5.73 Å². The molecule has 128 valence electrons. The summed E-state index contributed by atoms with van der Waals surface area (Å²) >= 11 is 0. The first-order valence-electron chi connectivity index (χ1n) is 8.48. The monoisotopic (exact) mass is 329 g/mol. The van der Waals surface area contributed by atoms with Crippen LogP contribution in [0.4, 0.5) is 0 Å². The Kier molecular flexibility index (Phi) is 4.94. The molecule has 0 aliphatic carbocycles. The third kappa shape index (κ3) is 3.48. The van der Waals surface area contributed by atoms with E-state index >= 15 is 0 Å². The predicted molar refractivity (Wildman–Crippen MR) is 88.8 cm³/mol. The lowest BCUT2D eigenvalue weighted by molar-refractivity contribution is -0.139. The Hall–Kier alpha value is -2.21. The van der Waals surface area contributed by atoms with Crippen LogP contribution in [0, 0.1) is 5.92 Å². The maximum Gasteiger partial charge on any atom is 0.247 e. The van der Waals surface area contributed by atoms with Crippen LogP contribution in [-0.2, 0) is 20.8 Å². The first-order chi connectivity index (χ1) is 11.6. The van der Waals surface area contributed by atoms with Gasteiger partial charge in [0.2, 0.25) is 17.7 Å². The number of carbonyl (C=O) groups excluding carboxylic acids is 3. The number of piperidine rings is 1. The Morgan fingerprint density at radius 1 is 1.12 bits per heavy atom. The Balaban J connectivity index is 1.57. The Bertz CT molecular complexity index is 624. The number of hydrogen-bond acceptors (Lipinski definition) is 4. The number of nitrogens with zero attached hydrogens (tertiary/aromatic N) is 2. The van der Waals surface area contributed by atoms with Crippen LogP contribution >= 0.6 is 0 Å². The molecule has 2 heterocycles. The quantitative estimate of drug-likeness (QED) is 0.800. The van der Waals surface area contributed by atoms with Gasteiger partial charge in [-0.05, 0) is 37.9 Å². The average Bonchev–Trinajstić information content (AvgIpc) is 2.88. The second-order valence-electron chi connectivity index (χ2n) is 6.55. The summed E-state index contributed by atoms with van der Waals surface area (Å²) in [5, 5.41) is 0. The number of benzene rings is 1. The molecule has 1 aromatic carbocycles. The highest BCUT2D eigenvalue weighted by atomic mass is 16.2. The number of primary amides is 1. The lowest BCUT2D eigenvalue weighted by Crippen LogP contribution is -2.47. The zero-order valence-electron chi connectivity index (χ0n) is 13.7. The van der Waals surface area contributed by atoms with Crippen molar-refractivity contribution in [2.24, 2.45) is 11.7 Å². The maximum absolute atomic E-state index is 12.6. The van der Waals surface area contributed by atoms with E-state index in [0.717, 1.165) is 5.56 Å². The van der Waals surface area contributed by atoms with E-state index in [2.05, 4.69) is 0 Å². The van der Waals surface area contributed by atoms with Gasteiger partial charge in [0.05, 0.1) is 12.5 Å². The second kappa shape index (κ2) is 7.13. The molecule has 6 heteroatoms. The summed E-state index contributed by atoms with van der Waals surface area (Å²) in [6, 6.07) is 9.47. The molecule has 3 rings (SSSR count). The van der Waals surface area contributed by atoms with Crippen LogP contribution in [0.3, 0.4) is 0 Å². The average molecular weight is 329 g/mol. The molecule has 2 aliphatic heterocycles. The SMILES string of the molecule is NC(=O)C1CCN([C@H]2CC(=O)N(CCc3ccccc3)C2=O)CC1. The molecule has 0 spiro atoms. The number of nitrogens with two attached hydrogens (primary N) is 1. The molecule has 0 unspecified atom stereocenters.